The van der Waals surface area contributed by atoms with E-state index in [1.165, 1.54) is 12.8 Å². The van der Waals surface area contributed by atoms with Gasteiger partial charge in [0.15, 0.2) is 5.96 Å². The van der Waals surface area contributed by atoms with Crippen LogP contribution >= 0.6 is 0 Å². The van der Waals surface area contributed by atoms with Crippen LogP contribution in [0, 0.1) is 18.8 Å². The molecule has 116 valence electrons. The third-order valence-corrected chi connectivity index (χ3v) is 2.72. The minimum Gasteiger partial charge on any atom is -0.369 e. The number of hydrogen-bond donors (Lipinski definition) is 1. The van der Waals surface area contributed by atoms with Crippen molar-refractivity contribution in [3.05, 3.63) is 0 Å². The lowest BCUT2D eigenvalue weighted by Gasteiger charge is -2.32. The van der Waals surface area contributed by atoms with Gasteiger partial charge >= 0.3 is 0 Å². The van der Waals surface area contributed by atoms with E-state index in [0.29, 0.717) is 18.3 Å². The maximum atomic E-state index is 11.7. The summed E-state index contributed by atoms with van der Waals surface area (Å²) in [5, 5.41) is 0. The van der Waals surface area contributed by atoms with Crippen LogP contribution in [-0.2, 0) is 4.79 Å². The highest BCUT2D eigenvalue weighted by atomic mass is 16.2. The lowest BCUT2D eigenvalue weighted by atomic mass is 9.99. The fourth-order valence-electron chi connectivity index (χ4n) is 1.76. The normalized spacial score (nSPS) is 19.1. The number of terminal acetylenes is 1. The monoisotopic (exact) mass is 281 g/mol. The van der Waals surface area contributed by atoms with E-state index in [-0.39, 0.29) is 11.4 Å². The molecule has 1 saturated carbocycles. The van der Waals surface area contributed by atoms with Gasteiger partial charge in [0.1, 0.15) is 0 Å². The van der Waals surface area contributed by atoms with Crippen LogP contribution in [0.3, 0.4) is 0 Å². The summed E-state index contributed by atoms with van der Waals surface area (Å²) in [5.41, 5.74) is 5.46. The van der Waals surface area contributed by atoms with Gasteiger partial charge in [-0.15, -0.1) is 12.8 Å². The van der Waals surface area contributed by atoms with Gasteiger partial charge in [0.25, 0.3) is 0 Å². The smallest absolute Gasteiger partial charge is 0.231 e. The average Bonchev–Trinajstić information content (AvgIpc) is 3.24. The summed E-state index contributed by atoms with van der Waals surface area (Å²) in [4.78, 5) is 17.7. The second-order valence-corrected chi connectivity index (χ2v) is 4.91. The number of aliphatic imine (C=N–C) groups is 1. The number of nitrogens with two attached hydrogens (primary N) is 1. The third-order valence-electron chi connectivity index (χ3n) is 2.72. The van der Waals surface area contributed by atoms with Crippen LogP contribution in [0.5, 0.6) is 0 Å². The fourth-order valence-corrected chi connectivity index (χ4v) is 1.76. The minimum absolute atomic E-state index is 0.120. The van der Waals surface area contributed by atoms with Crippen molar-refractivity contribution < 1.29 is 4.79 Å². The molecule has 2 N–H and O–H groups in total. The first kappa shape index (κ1) is 20.8. The molecule has 1 amide bonds. The van der Waals surface area contributed by atoms with Gasteiger partial charge in [0, 0.05) is 6.54 Å². The molecule has 0 unspecified atom stereocenters. The van der Waals surface area contributed by atoms with E-state index < -0.39 is 0 Å². The Labute approximate surface area is 124 Å². The van der Waals surface area contributed by atoms with Gasteiger partial charge in [-0.25, -0.2) is 4.99 Å². The Bertz CT molecular complexity index is 328. The Morgan fingerprint density at radius 3 is 2.05 bits per heavy atom. The molecule has 0 radical (unpaired) electrons. The molecule has 1 aliphatic heterocycles. The van der Waals surface area contributed by atoms with E-state index in [0.717, 1.165) is 6.54 Å². The summed E-state index contributed by atoms with van der Waals surface area (Å²) < 4.78 is 0. The van der Waals surface area contributed by atoms with Crippen LogP contribution in [0.15, 0.2) is 4.99 Å². The summed E-state index contributed by atoms with van der Waals surface area (Å²) in [7, 11) is 0. The van der Waals surface area contributed by atoms with Gasteiger partial charge in [0.05, 0.1) is 12.0 Å². The van der Waals surface area contributed by atoms with Crippen molar-refractivity contribution >= 4 is 11.9 Å². The van der Waals surface area contributed by atoms with Gasteiger partial charge in [0.2, 0.25) is 5.91 Å². The van der Waals surface area contributed by atoms with Gasteiger partial charge < -0.3 is 5.73 Å². The SMILES string of the molecule is C#C.CC.CC.CC1(C)CC(=O)N(CC2CC2)C(N)=N1. The fraction of sp³-hybridized carbons (Fsp3) is 0.750. The quantitative estimate of drug-likeness (QED) is 0.791. The van der Waals surface area contributed by atoms with Crippen LogP contribution in [0.4, 0.5) is 0 Å². The van der Waals surface area contributed by atoms with Crippen LogP contribution < -0.4 is 5.73 Å². The van der Waals surface area contributed by atoms with E-state index in [9.17, 15) is 4.79 Å². The second-order valence-electron chi connectivity index (χ2n) is 4.91. The van der Waals surface area contributed by atoms with Crippen LogP contribution in [0.25, 0.3) is 0 Å². The van der Waals surface area contributed by atoms with E-state index in [1.54, 1.807) is 4.90 Å². The zero-order valence-electron chi connectivity index (χ0n) is 13.9. The first-order valence-corrected chi connectivity index (χ1v) is 7.47. The second kappa shape index (κ2) is 10.3. The molecule has 2 rings (SSSR count). The van der Waals surface area contributed by atoms with Crippen molar-refractivity contribution in [2.75, 3.05) is 6.54 Å². The maximum absolute atomic E-state index is 11.7. The van der Waals surface area contributed by atoms with Crippen molar-refractivity contribution in [3.8, 4) is 12.8 Å². The zero-order valence-corrected chi connectivity index (χ0v) is 13.9. The van der Waals surface area contributed by atoms with E-state index in [2.05, 4.69) is 17.8 Å². The average molecular weight is 281 g/mol. The predicted molar refractivity (Wildman–Crippen MR) is 87.3 cm³/mol. The van der Waals surface area contributed by atoms with Crippen LogP contribution in [-0.4, -0.2) is 28.9 Å². The molecule has 4 nitrogen and oxygen atoms in total. The molecule has 1 fully saturated rings. The van der Waals surface area contributed by atoms with E-state index >= 15 is 0 Å². The van der Waals surface area contributed by atoms with E-state index in [4.69, 9.17) is 5.73 Å². The van der Waals surface area contributed by atoms with Crippen molar-refractivity contribution in [2.45, 2.75) is 66.3 Å². The Morgan fingerprint density at radius 1 is 1.25 bits per heavy atom. The first-order chi connectivity index (χ1) is 9.48. The summed E-state index contributed by atoms with van der Waals surface area (Å²) in [6, 6.07) is 0. The molecule has 0 atom stereocenters. The first-order valence-electron chi connectivity index (χ1n) is 7.47. The lowest BCUT2D eigenvalue weighted by Crippen LogP contribution is -2.50. The number of amides is 1. The van der Waals surface area contributed by atoms with Gasteiger partial charge in [-0.1, -0.05) is 27.7 Å². The molecule has 0 aromatic carbocycles. The molecule has 1 heterocycles. The highest BCUT2D eigenvalue weighted by molar-refractivity contribution is 5.98. The highest BCUT2D eigenvalue weighted by Gasteiger charge is 2.35. The lowest BCUT2D eigenvalue weighted by molar-refractivity contribution is -0.129. The highest BCUT2D eigenvalue weighted by Crippen LogP contribution is 2.31. The molecule has 0 bridgehead atoms. The Morgan fingerprint density at radius 2 is 1.70 bits per heavy atom. The Kier molecular flexibility index (Phi) is 10.7. The third kappa shape index (κ3) is 7.18. The van der Waals surface area contributed by atoms with Gasteiger partial charge in [-0.2, -0.15) is 0 Å². The largest absolute Gasteiger partial charge is 0.369 e. The molecule has 4 heteroatoms. The minimum atomic E-state index is -0.318. The molecule has 0 spiro atoms. The number of rotatable bonds is 2. The zero-order chi connectivity index (χ0) is 16.3. The summed E-state index contributed by atoms with van der Waals surface area (Å²) in [6.45, 7) is 12.6. The van der Waals surface area contributed by atoms with Crippen LogP contribution in [0.1, 0.15) is 60.8 Å². The number of nitrogens with zero attached hydrogens (tertiary/aromatic N) is 2. The van der Waals surface area contributed by atoms with Crippen molar-refractivity contribution in [3.63, 3.8) is 0 Å². The van der Waals surface area contributed by atoms with Gasteiger partial charge in [-0.3, -0.25) is 9.69 Å². The van der Waals surface area contributed by atoms with Crippen molar-refractivity contribution in [1.82, 2.24) is 4.90 Å². The molecule has 0 saturated heterocycles. The Balaban J connectivity index is 0. The van der Waals surface area contributed by atoms with Crippen molar-refractivity contribution in [2.24, 2.45) is 16.6 Å². The Hall–Kier alpha value is -1.50. The molecule has 2 aliphatic rings. The molecule has 0 aromatic heterocycles. The van der Waals surface area contributed by atoms with Gasteiger partial charge in [-0.05, 0) is 32.6 Å². The van der Waals surface area contributed by atoms with E-state index in [1.807, 2.05) is 41.5 Å². The topological polar surface area (TPSA) is 58.7 Å². The predicted octanol–water partition coefficient (Wildman–Crippen LogP) is 3.02. The molecule has 1 aliphatic carbocycles. The molecule has 20 heavy (non-hydrogen) atoms. The number of guanidine groups is 1. The summed E-state index contributed by atoms with van der Waals surface area (Å²) in [6.07, 6.45) is 10.9. The number of hydrogen-bond acceptors (Lipinski definition) is 3. The molecular weight excluding hydrogens is 250 g/mol. The summed E-state index contributed by atoms with van der Waals surface area (Å²) in [5.74, 6) is 1.18. The van der Waals surface area contributed by atoms with Crippen molar-refractivity contribution in [1.29, 1.82) is 0 Å². The standard InChI is InChI=1S/C10H17N3O.2C2H6.C2H2/c1-10(2)5-8(14)13(9(11)12-10)6-7-3-4-7;3*1-2/h7H,3-6H2,1-2H3,(H2,11,12);2*1-2H3;1-2H. The number of carbonyl (C=O) groups excluding carboxylic acids is 1. The maximum Gasteiger partial charge on any atom is 0.231 e. The van der Waals surface area contributed by atoms with Crippen LogP contribution in [0.2, 0.25) is 0 Å². The molecule has 0 aromatic rings. The number of carbonyl (C=O) groups is 1. The molecular formula is C16H31N3O. The summed E-state index contributed by atoms with van der Waals surface area (Å²) >= 11 is 0.